The molecule has 6 rings (SSSR count). The number of benzene rings is 2. The fourth-order valence-electron chi connectivity index (χ4n) is 5.38. The largest absolute Gasteiger partial charge is 0.370 e. The van der Waals surface area contributed by atoms with Gasteiger partial charge >= 0.3 is 0 Å². The van der Waals surface area contributed by atoms with Gasteiger partial charge in [0, 0.05) is 75.1 Å². The van der Waals surface area contributed by atoms with Crippen LogP contribution >= 0.6 is 0 Å². The molecule has 0 amide bonds. The maximum atomic E-state index is 9.48. The highest BCUT2D eigenvalue weighted by atomic mass is 16.5. The molecule has 2 fully saturated rings. The molecular formula is C27H29N7O. The Balaban J connectivity index is 1.23. The van der Waals surface area contributed by atoms with Crippen LogP contribution in [0.4, 0.5) is 11.4 Å². The van der Waals surface area contributed by atoms with Gasteiger partial charge in [-0.2, -0.15) is 5.26 Å². The molecule has 8 nitrogen and oxygen atoms in total. The smallest absolute Gasteiger partial charge is 0.113 e. The first-order valence-corrected chi connectivity index (χ1v) is 12.3. The second kappa shape index (κ2) is 9.17. The lowest BCUT2D eigenvalue weighted by Crippen LogP contribution is -2.48. The predicted octanol–water partition coefficient (Wildman–Crippen LogP) is 3.16. The molecule has 2 aromatic carbocycles. The van der Waals surface area contributed by atoms with E-state index in [1.807, 2.05) is 12.1 Å². The van der Waals surface area contributed by atoms with Crippen molar-refractivity contribution in [3.05, 3.63) is 60.7 Å². The molecule has 0 spiro atoms. The maximum Gasteiger partial charge on any atom is 0.113 e. The fraction of sp³-hybridized carbons (Fsp3) is 0.370. The Labute approximate surface area is 204 Å². The number of anilines is 2. The molecule has 2 saturated heterocycles. The molecule has 2 aliphatic rings. The van der Waals surface area contributed by atoms with Crippen LogP contribution in [0.3, 0.4) is 0 Å². The van der Waals surface area contributed by atoms with E-state index in [4.69, 9.17) is 4.74 Å². The average molecular weight is 468 g/mol. The van der Waals surface area contributed by atoms with Crippen molar-refractivity contribution in [2.45, 2.75) is 25.7 Å². The first-order chi connectivity index (χ1) is 17.2. The van der Waals surface area contributed by atoms with Gasteiger partial charge in [0.25, 0.3) is 0 Å². The third-order valence-corrected chi connectivity index (χ3v) is 6.97. The molecule has 4 aromatic rings. The molecule has 178 valence electrons. The number of fused-ring (bicyclic) bond motifs is 2. The second-order valence-electron chi connectivity index (χ2n) is 9.48. The summed E-state index contributed by atoms with van der Waals surface area (Å²) in [5.41, 5.74) is 4.27. The van der Waals surface area contributed by atoms with Gasteiger partial charge in [-0.05, 0) is 36.6 Å². The molecule has 0 radical (unpaired) electrons. The van der Waals surface area contributed by atoms with Crippen LogP contribution in [0.2, 0.25) is 0 Å². The Morgan fingerprint density at radius 1 is 1.00 bits per heavy atom. The summed E-state index contributed by atoms with van der Waals surface area (Å²) in [5.74, 6) is 0. The fourth-order valence-corrected chi connectivity index (χ4v) is 5.38. The van der Waals surface area contributed by atoms with E-state index in [0.717, 1.165) is 57.0 Å². The van der Waals surface area contributed by atoms with E-state index >= 15 is 0 Å². The topological polar surface area (TPSA) is 82.2 Å². The summed E-state index contributed by atoms with van der Waals surface area (Å²) in [6.45, 7) is 8.58. The van der Waals surface area contributed by atoms with Crippen LogP contribution in [0.5, 0.6) is 0 Å². The van der Waals surface area contributed by atoms with E-state index in [-0.39, 0.29) is 12.2 Å². The molecule has 35 heavy (non-hydrogen) atoms. The second-order valence-corrected chi connectivity index (χ2v) is 9.48. The van der Waals surface area contributed by atoms with Gasteiger partial charge in [-0.3, -0.25) is 9.97 Å². The van der Waals surface area contributed by atoms with Gasteiger partial charge < -0.3 is 24.4 Å². The molecule has 8 heteroatoms. The van der Waals surface area contributed by atoms with Crippen LogP contribution in [0.15, 0.2) is 55.1 Å². The van der Waals surface area contributed by atoms with E-state index in [1.54, 1.807) is 12.4 Å². The molecule has 2 aliphatic heterocycles. The van der Waals surface area contributed by atoms with Gasteiger partial charge in [0.1, 0.15) is 17.1 Å². The van der Waals surface area contributed by atoms with Crippen molar-refractivity contribution >= 4 is 33.2 Å². The van der Waals surface area contributed by atoms with E-state index < -0.39 is 0 Å². The summed E-state index contributed by atoms with van der Waals surface area (Å²) in [7, 11) is 0. The molecule has 0 saturated carbocycles. The lowest BCUT2D eigenvalue weighted by Gasteiger charge is -2.38. The standard InChI is InChI=1S/C27H29N7O/c1-19-14-34(25-5-3-20(13-28)26-27(25)31-7-6-30-26)18-24(35-19)17-32-15-21-2-4-23(12-22(21)16-32)33-10-8-29-9-11-33/h2-7,12,15-16,19,24,29H,8-11,14,17-18H2,1H3/t19-,24+/m1/s1. The van der Waals surface area contributed by atoms with Crippen LogP contribution in [0, 0.1) is 11.3 Å². The van der Waals surface area contributed by atoms with Crippen molar-refractivity contribution in [3.8, 4) is 6.07 Å². The summed E-state index contributed by atoms with van der Waals surface area (Å²) in [4.78, 5) is 13.8. The Kier molecular flexibility index (Phi) is 5.72. The number of piperazine rings is 1. The van der Waals surface area contributed by atoms with Crippen LogP contribution < -0.4 is 15.1 Å². The third-order valence-electron chi connectivity index (χ3n) is 6.97. The number of rotatable bonds is 4. The minimum atomic E-state index is 0.0376. The van der Waals surface area contributed by atoms with E-state index in [2.05, 4.69) is 73.2 Å². The molecule has 0 unspecified atom stereocenters. The monoisotopic (exact) mass is 467 g/mol. The highest BCUT2D eigenvalue weighted by Gasteiger charge is 2.27. The molecule has 4 heterocycles. The number of nitrogens with one attached hydrogen (secondary N) is 1. The molecule has 2 aromatic heterocycles. The third kappa shape index (κ3) is 4.29. The summed E-state index contributed by atoms with van der Waals surface area (Å²) in [6.07, 6.45) is 7.90. The van der Waals surface area contributed by atoms with Gasteiger partial charge in [0.05, 0.1) is 30.0 Å². The highest BCUT2D eigenvalue weighted by Crippen LogP contribution is 2.30. The van der Waals surface area contributed by atoms with E-state index in [0.29, 0.717) is 11.1 Å². The summed E-state index contributed by atoms with van der Waals surface area (Å²) in [5, 5.41) is 15.4. The highest BCUT2D eigenvalue weighted by molar-refractivity contribution is 5.92. The zero-order chi connectivity index (χ0) is 23.8. The van der Waals surface area contributed by atoms with Crippen LogP contribution in [0.1, 0.15) is 12.5 Å². The Morgan fingerprint density at radius 2 is 1.80 bits per heavy atom. The maximum absolute atomic E-state index is 9.48. The first kappa shape index (κ1) is 21.8. The van der Waals surface area contributed by atoms with E-state index in [1.165, 1.54) is 16.5 Å². The number of ether oxygens (including phenoxy) is 1. The minimum absolute atomic E-state index is 0.0376. The van der Waals surface area contributed by atoms with E-state index in [9.17, 15) is 5.26 Å². The lowest BCUT2D eigenvalue weighted by molar-refractivity contribution is -0.0238. The Hall–Kier alpha value is -3.67. The van der Waals surface area contributed by atoms with Crippen molar-refractivity contribution in [3.63, 3.8) is 0 Å². The van der Waals surface area contributed by atoms with Gasteiger partial charge in [-0.25, -0.2) is 0 Å². The zero-order valence-electron chi connectivity index (χ0n) is 19.9. The number of aromatic nitrogens is 3. The number of hydrogen-bond donors (Lipinski definition) is 1. The molecular weight excluding hydrogens is 438 g/mol. The lowest BCUT2D eigenvalue weighted by atomic mass is 10.1. The summed E-state index contributed by atoms with van der Waals surface area (Å²) < 4.78 is 8.60. The quantitative estimate of drug-likeness (QED) is 0.494. The summed E-state index contributed by atoms with van der Waals surface area (Å²) in [6, 6.07) is 12.8. The predicted molar refractivity (Wildman–Crippen MR) is 138 cm³/mol. The van der Waals surface area contributed by atoms with Crippen LogP contribution in [0.25, 0.3) is 21.8 Å². The Bertz CT molecular complexity index is 1400. The number of nitrogens with zero attached hydrogens (tertiary/aromatic N) is 6. The first-order valence-electron chi connectivity index (χ1n) is 12.3. The number of nitriles is 1. The van der Waals surface area contributed by atoms with Crippen molar-refractivity contribution < 1.29 is 4.74 Å². The van der Waals surface area contributed by atoms with Crippen LogP contribution in [-0.2, 0) is 11.3 Å². The number of morpholine rings is 1. The van der Waals surface area contributed by atoms with Gasteiger partial charge in [0.2, 0.25) is 0 Å². The molecule has 0 bridgehead atoms. The van der Waals surface area contributed by atoms with Crippen molar-refractivity contribution in [2.75, 3.05) is 49.1 Å². The molecule has 1 N–H and O–H groups in total. The van der Waals surface area contributed by atoms with Gasteiger partial charge in [0.15, 0.2) is 0 Å². The van der Waals surface area contributed by atoms with Crippen molar-refractivity contribution in [2.24, 2.45) is 0 Å². The molecule has 0 aliphatic carbocycles. The zero-order valence-corrected chi connectivity index (χ0v) is 19.9. The van der Waals surface area contributed by atoms with Gasteiger partial charge in [-0.1, -0.05) is 6.07 Å². The normalized spacial score (nSPS) is 20.9. The van der Waals surface area contributed by atoms with Crippen molar-refractivity contribution in [1.29, 1.82) is 5.26 Å². The van der Waals surface area contributed by atoms with Crippen LogP contribution in [-0.4, -0.2) is 66.0 Å². The average Bonchev–Trinajstić information content (AvgIpc) is 3.29. The Morgan fingerprint density at radius 3 is 2.63 bits per heavy atom. The SMILES string of the molecule is C[C@@H]1CN(c2ccc(C#N)c3nccnc23)C[C@H](Cn2cc3ccc(N4CCNCC4)cc3c2)O1. The number of hydrogen-bond acceptors (Lipinski definition) is 7. The molecule has 2 atom stereocenters. The summed E-state index contributed by atoms with van der Waals surface area (Å²) >= 11 is 0. The van der Waals surface area contributed by atoms with Gasteiger partial charge in [-0.15, -0.1) is 0 Å². The van der Waals surface area contributed by atoms with Crippen molar-refractivity contribution in [1.82, 2.24) is 19.9 Å². The minimum Gasteiger partial charge on any atom is -0.370 e.